The van der Waals surface area contributed by atoms with Crippen molar-refractivity contribution in [2.24, 2.45) is 4.99 Å². The number of aromatic nitrogens is 4. The van der Waals surface area contributed by atoms with Crippen molar-refractivity contribution in [2.45, 2.75) is 32.5 Å². The lowest BCUT2D eigenvalue weighted by Crippen LogP contribution is -2.52. The highest BCUT2D eigenvalue weighted by atomic mass is 16.5. The van der Waals surface area contributed by atoms with Crippen LogP contribution in [0.3, 0.4) is 0 Å². The Kier molecular flexibility index (Phi) is 4.64. The van der Waals surface area contributed by atoms with E-state index in [1.165, 1.54) is 6.42 Å². The van der Waals surface area contributed by atoms with Crippen molar-refractivity contribution in [3.8, 4) is 0 Å². The SMILES string of the molecule is CN=C(NCc1nnc2n1CCC2)N1CCN(Cc2ccon2)CC1. The molecule has 1 fully saturated rings. The maximum absolute atomic E-state index is 4.90. The van der Waals surface area contributed by atoms with E-state index >= 15 is 0 Å². The first kappa shape index (κ1) is 16.1. The lowest BCUT2D eigenvalue weighted by atomic mass is 10.3. The predicted molar refractivity (Wildman–Crippen MR) is 91.9 cm³/mol. The number of guanidine groups is 1. The van der Waals surface area contributed by atoms with E-state index < -0.39 is 0 Å². The zero-order valence-electron chi connectivity index (χ0n) is 14.6. The van der Waals surface area contributed by atoms with Crippen LogP contribution in [0.25, 0.3) is 0 Å². The van der Waals surface area contributed by atoms with Crippen molar-refractivity contribution in [1.29, 1.82) is 0 Å². The molecular formula is C16H24N8O. The number of piperazine rings is 1. The summed E-state index contributed by atoms with van der Waals surface area (Å²) in [5, 5.41) is 16.0. The molecule has 0 saturated carbocycles. The molecule has 4 heterocycles. The molecule has 0 bridgehead atoms. The molecule has 0 atom stereocenters. The molecule has 9 heteroatoms. The van der Waals surface area contributed by atoms with E-state index in [1.54, 1.807) is 6.26 Å². The largest absolute Gasteiger partial charge is 0.364 e. The van der Waals surface area contributed by atoms with Gasteiger partial charge in [-0.25, -0.2) is 0 Å². The van der Waals surface area contributed by atoms with Gasteiger partial charge in [-0.2, -0.15) is 0 Å². The molecule has 0 aromatic carbocycles. The summed E-state index contributed by atoms with van der Waals surface area (Å²) in [6.45, 7) is 6.37. The van der Waals surface area contributed by atoms with Gasteiger partial charge in [0.2, 0.25) is 0 Å². The van der Waals surface area contributed by atoms with Gasteiger partial charge in [0.15, 0.2) is 11.8 Å². The fraction of sp³-hybridized carbons (Fsp3) is 0.625. The van der Waals surface area contributed by atoms with Gasteiger partial charge in [-0.15, -0.1) is 10.2 Å². The van der Waals surface area contributed by atoms with Crippen molar-refractivity contribution in [1.82, 2.24) is 35.0 Å². The Morgan fingerprint density at radius 2 is 2.12 bits per heavy atom. The average molecular weight is 344 g/mol. The van der Waals surface area contributed by atoms with Crippen molar-refractivity contribution >= 4 is 5.96 Å². The number of fused-ring (bicyclic) bond motifs is 1. The molecule has 2 aliphatic heterocycles. The Bertz CT molecular complexity index is 715. The summed E-state index contributed by atoms with van der Waals surface area (Å²) in [5.41, 5.74) is 0.983. The average Bonchev–Trinajstić information content (AvgIpc) is 3.36. The molecule has 9 nitrogen and oxygen atoms in total. The molecule has 0 aliphatic carbocycles. The first-order valence-corrected chi connectivity index (χ1v) is 8.81. The third kappa shape index (κ3) is 3.51. The van der Waals surface area contributed by atoms with Gasteiger partial charge >= 0.3 is 0 Å². The monoisotopic (exact) mass is 344 g/mol. The highest BCUT2D eigenvalue weighted by Gasteiger charge is 2.21. The topological polar surface area (TPSA) is 87.6 Å². The van der Waals surface area contributed by atoms with Gasteiger partial charge in [0.05, 0.1) is 12.2 Å². The Labute approximate surface area is 146 Å². The van der Waals surface area contributed by atoms with E-state index in [9.17, 15) is 0 Å². The second-order valence-corrected chi connectivity index (χ2v) is 6.44. The molecule has 25 heavy (non-hydrogen) atoms. The molecule has 0 spiro atoms. The molecule has 134 valence electrons. The number of hydrogen-bond donors (Lipinski definition) is 1. The summed E-state index contributed by atoms with van der Waals surface area (Å²) in [7, 11) is 1.83. The fourth-order valence-corrected chi connectivity index (χ4v) is 3.50. The Hall–Kier alpha value is -2.42. The van der Waals surface area contributed by atoms with Gasteiger partial charge < -0.3 is 19.3 Å². The summed E-state index contributed by atoms with van der Waals surface area (Å²) >= 11 is 0. The zero-order valence-corrected chi connectivity index (χ0v) is 14.6. The van der Waals surface area contributed by atoms with Crippen LogP contribution < -0.4 is 5.32 Å². The summed E-state index contributed by atoms with van der Waals surface area (Å²) in [5.74, 6) is 3.03. The van der Waals surface area contributed by atoms with Gasteiger partial charge in [0.1, 0.15) is 12.1 Å². The van der Waals surface area contributed by atoms with Crippen LogP contribution in [0.4, 0.5) is 0 Å². The van der Waals surface area contributed by atoms with Gasteiger partial charge in [-0.05, 0) is 6.42 Å². The minimum Gasteiger partial charge on any atom is -0.364 e. The smallest absolute Gasteiger partial charge is 0.194 e. The predicted octanol–water partition coefficient (Wildman–Crippen LogP) is 0.106. The van der Waals surface area contributed by atoms with Crippen LogP contribution in [0.5, 0.6) is 0 Å². The number of nitrogens with one attached hydrogen (secondary N) is 1. The lowest BCUT2D eigenvalue weighted by Gasteiger charge is -2.36. The summed E-state index contributed by atoms with van der Waals surface area (Å²) < 4.78 is 7.12. The molecular weight excluding hydrogens is 320 g/mol. The number of rotatable bonds is 4. The number of hydrogen-bond acceptors (Lipinski definition) is 6. The minimum atomic E-state index is 0.666. The standard InChI is InChI=1S/C16H24N8O/c1-17-16(18-11-15-20-19-14-3-2-5-24(14)15)23-8-6-22(7-9-23)12-13-4-10-25-21-13/h4,10H,2-3,5-9,11-12H2,1H3,(H,17,18). The van der Waals surface area contributed by atoms with Crippen LogP contribution in [0.1, 0.15) is 23.8 Å². The minimum absolute atomic E-state index is 0.666. The Balaban J connectivity index is 1.28. The fourth-order valence-electron chi connectivity index (χ4n) is 3.50. The normalized spacial score (nSPS) is 18.6. The molecule has 2 aromatic heterocycles. The number of aryl methyl sites for hydroxylation is 1. The van der Waals surface area contributed by atoms with Gasteiger partial charge in [-0.1, -0.05) is 5.16 Å². The first-order chi connectivity index (χ1) is 12.3. The van der Waals surface area contributed by atoms with E-state index in [4.69, 9.17) is 4.52 Å². The summed E-state index contributed by atoms with van der Waals surface area (Å²) in [6.07, 6.45) is 3.83. The van der Waals surface area contributed by atoms with Crippen molar-refractivity contribution in [3.05, 3.63) is 29.7 Å². The molecule has 2 aromatic rings. The maximum Gasteiger partial charge on any atom is 0.194 e. The molecule has 0 amide bonds. The van der Waals surface area contributed by atoms with E-state index in [2.05, 4.69) is 40.0 Å². The maximum atomic E-state index is 4.90. The van der Waals surface area contributed by atoms with Gasteiger partial charge in [0, 0.05) is 58.8 Å². The summed E-state index contributed by atoms with van der Waals surface area (Å²) in [4.78, 5) is 9.11. The molecule has 1 saturated heterocycles. The second kappa shape index (κ2) is 7.22. The zero-order chi connectivity index (χ0) is 17.1. The molecule has 0 radical (unpaired) electrons. The van der Waals surface area contributed by atoms with Crippen LogP contribution >= 0.6 is 0 Å². The van der Waals surface area contributed by atoms with E-state index in [0.717, 1.165) is 69.0 Å². The van der Waals surface area contributed by atoms with Crippen molar-refractivity contribution in [2.75, 3.05) is 33.2 Å². The molecule has 1 N–H and O–H groups in total. The van der Waals surface area contributed by atoms with E-state index in [1.807, 2.05) is 13.1 Å². The third-order valence-corrected chi connectivity index (χ3v) is 4.85. The Morgan fingerprint density at radius 1 is 1.24 bits per heavy atom. The van der Waals surface area contributed by atoms with Crippen LogP contribution in [-0.4, -0.2) is 68.9 Å². The van der Waals surface area contributed by atoms with Crippen LogP contribution in [0.2, 0.25) is 0 Å². The molecule has 4 rings (SSSR count). The third-order valence-electron chi connectivity index (χ3n) is 4.85. The highest BCUT2D eigenvalue weighted by Crippen LogP contribution is 2.14. The Morgan fingerprint density at radius 3 is 2.88 bits per heavy atom. The lowest BCUT2D eigenvalue weighted by molar-refractivity contribution is 0.169. The van der Waals surface area contributed by atoms with E-state index in [0.29, 0.717) is 6.54 Å². The number of aliphatic imine (C=N–C) groups is 1. The second-order valence-electron chi connectivity index (χ2n) is 6.44. The van der Waals surface area contributed by atoms with Crippen molar-refractivity contribution < 1.29 is 4.52 Å². The quantitative estimate of drug-likeness (QED) is 0.622. The summed E-state index contributed by atoms with van der Waals surface area (Å²) in [6, 6.07) is 1.92. The van der Waals surface area contributed by atoms with Crippen LogP contribution in [-0.2, 0) is 26.1 Å². The first-order valence-electron chi connectivity index (χ1n) is 8.81. The van der Waals surface area contributed by atoms with E-state index in [-0.39, 0.29) is 0 Å². The molecule has 0 unspecified atom stereocenters. The van der Waals surface area contributed by atoms with Crippen LogP contribution in [0, 0.1) is 0 Å². The van der Waals surface area contributed by atoms with Gasteiger partial charge in [0.25, 0.3) is 0 Å². The highest BCUT2D eigenvalue weighted by molar-refractivity contribution is 5.79. The van der Waals surface area contributed by atoms with Crippen LogP contribution in [0.15, 0.2) is 21.8 Å². The number of nitrogens with zero attached hydrogens (tertiary/aromatic N) is 7. The van der Waals surface area contributed by atoms with Gasteiger partial charge in [-0.3, -0.25) is 9.89 Å². The molecule has 2 aliphatic rings. The van der Waals surface area contributed by atoms with Crippen molar-refractivity contribution in [3.63, 3.8) is 0 Å².